The van der Waals surface area contributed by atoms with Crippen molar-refractivity contribution in [3.63, 3.8) is 0 Å². The first kappa shape index (κ1) is 33.4. The average Bonchev–Trinajstić information content (AvgIpc) is 2.97. The number of aliphatic hydroxyl groups is 1. The van der Waals surface area contributed by atoms with E-state index >= 15 is 0 Å². The molecule has 4 rings (SSSR count). The first-order chi connectivity index (χ1) is 20.5. The van der Waals surface area contributed by atoms with E-state index in [0.29, 0.717) is 41.1 Å². The molecule has 43 heavy (non-hydrogen) atoms. The highest BCUT2D eigenvalue weighted by Crippen LogP contribution is 2.45. The summed E-state index contributed by atoms with van der Waals surface area (Å²) in [4.78, 5) is 33.8. The molecule has 0 aliphatic carbocycles. The van der Waals surface area contributed by atoms with Gasteiger partial charge in [-0.15, -0.1) is 6.58 Å². The maximum absolute atomic E-state index is 14.1. The van der Waals surface area contributed by atoms with Crippen LogP contribution < -0.4 is 25.7 Å². The van der Waals surface area contributed by atoms with Gasteiger partial charge in [0.25, 0.3) is 5.56 Å². The fourth-order valence-electron chi connectivity index (χ4n) is 4.12. The SMILES string of the molecule is C=CC.COc1cc(OC)c(Cl)c(-c2cc3cnc(NCC(C)(C)O)nc3n(CCc3ccc(NC=O)cc3)c2=O)c1Cl. The zero-order valence-corrected chi connectivity index (χ0v) is 26.2. The molecule has 228 valence electrons. The fourth-order valence-corrected chi connectivity index (χ4v) is 4.83. The van der Waals surface area contributed by atoms with Crippen LogP contribution in [-0.4, -0.2) is 52.4 Å². The lowest BCUT2D eigenvalue weighted by molar-refractivity contribution is -0.105. The summed E-state index contributed by atoms with van der Waals surface area (Å²) in [7, 11) is 2.92. The molecular weight excluding hydrogens is 593 g/mol. The maximum atomic E-state index is 14.1. The Kier molecular flexibility index (Phi) is 11.5. The number of nitrogens with one attached hydrogen (secondary N) is 2. The van der Waals surface area contributed by atoms with Crippen molar-refractivity contribution in [1.82, 2.24) is 14.5 Å². The molecule has 0 radical (unpaired) electrons. The van der Waals surface area contributed by atoms with Gasteiger partial charge in [-0.25, -0.2) is 4.98 Å². The summed E-state index contributed by atoms with van der Waals surface area (Å²) >= 11 is 13.3. The molecule has 0 aliphatic rings. The number of carbonyl (C=O) groups is 1. The van der Waals surface area contributed by atoms with Crippen LogP contribution in [0, 0.1) is 0 Å². The van der Waals surface area contributed by atoms with E-state index in [-0.39, 0.29) is 45.8 Å². The molecule has 2 aromatic carbocycles. The summed E-state index contributed by atoms with van der Waals surface area (Å²) in [5.74, 6) is 0.865. The highest BCUT2D eigenvalue weighted by molar-refractivity contribution is 6.41. The zero-order valence-electron chi connectivity index (χ0n) is 24.7. The number of amides is 1. The maximum Gasteiger partial charge on any atom is 0.260 e. The lowest BCUT2D eigenvalue weighted by atomic mass is 10.0. The van der Waals surface area contributed by atoms with Crippen LogP contribution in [0.2, 0.25) is 10.0 Å². The largest absolute Gasteiger partial charge is 0.495 e. The fraction of sp³-hybridized carbons (Fsp3) is 0.290. The monoisotopic (exact) mass is 627 g/mol. The van der Waals surface area contributed by atoms with Crippen molar-refractivity contribution < 1.29 is 19.4 Å². The van der Waals surface area contributed by atoms with Crippen LogP contribution in [0.15, 0.2) is 60.0 Å². The smallest absolute Gasteiger partial charge is 0.260 e. The highest BCUT2D eigenvalue weighted by atomic mass is 35.5. The first-order valence-corrected chi connectivity index (χ1v) is 14.1. The molecule has 0 fully saturated rings. The Morgan fingerprint density at radius 2 is 1.70 bits per heavy atom. The molecule has 0 saturated heterocycles. The number of fused-ring (bicyclic) bond motifs is 1. The molecule has 2 aromatic heterocycles. The van der Waals surface area contributed by atoms with Gasteiger partial charge in [0, 0.05) is 42.0 Å². The van der Waals surface area contributed by atoms with Gasteiger partial charge in [0.05, 0.1) is 35.4 Å². The van der Waals surface area contributed by atoms with Gasteiger partial charge in [-0.1, -0.05) is 41.4 Å². The third-order valence-electron chi connectivity index (χ3n) is 6.15. The van der Waals surface area contributed by atoms with E-state index in [1.54, 1.807) is 50.4 Å². The summed E-state index contributed by atoms with van der Waals surface area (Å²) in [6.45, 7) is 9.04. The van der Waals surface area contributed by atoms with Gasteiger partial charge in [0.2, 0.25) is 12.4 Å². The second kappa shape index (κ2) is 14.9. The highest BCUT2D eigenvalue weighted by Gasteiger charge is 2.23. The number of methoxy groups -OCH3 is 2. The summed E-state index contributed by atoms with van der Waals surface area (Å²) in [5.41, 5.74) is 1.12. The normalized spacial score (nSPS) is 10.9. The third-order valence-corrected chi connectivity index (χ3v) is 6.90. The Bertz CT molecular complexity index is 1620. The van der Waals surface area contributed by atoms with Crippen molar-refractivity contribution in [2.75, 3.05) is 31.4 Å². The average molecular weight is 629 g/mol. The second-order valence-corrected chi connectivity index (χ2v) is 10.8. The van der Waals surface area contributed by atoms with Gasteiger partial charge in [0.1, 0.15) is 17.1 Å². The molecule has 0 spiro atoms. The molecule has 0 saturated carbocycles. The molecule has 3 N–H and O–H groups in total. The van der Waals surface area contributed by atoms with Crippen molar-refractivity contribution in [2.24, 2.45) is 0 Å². The van der Waals surface area contributed by atoms with E-state index < -0.39 is 5.60 Å². The van der Waals surface area contributed by atoms with E-state index in [4.69, 9.17) is 32.7 Å². The Morgan fingerprint density at radius 3 is 2.23 bits per heavy atom. The summed E-state index contributed by atoms with van der Waals surface area (Å²) in [5, 5.41) is 16.6. The number of ether oxygens (including phenoxy) is 2. The van der Waals surface area contributed by atoms with Crippen LogP contribution in [0.5, 0.6) is 11.5 Å². The van der Waals surface area contributed by atoms with E-state index in [0.717, 1.165) is 5.56 Å². The van der Waals surface area contributed by atoms with Gasteiger partial charge < -0.3 is 25.2 Å². The molecule has 10 nitrogen and oxygen atoms in total. The number of carbonyl (C=O) groups excluding carboxylic acids is 1. The first-order valence-electron chi connectivity index (χ1n) is 13.3. The van der Waals surface area contributed by atoms with Gasteiger partial charge in [-0.2, -0.15) is 4.98 Å². The van der Waals surface area contributed by atoms with E-state index in [2.05, 4.69) is 27.2 Å². The van der Waals surface area contributed by atoms with Crippen LogP contribution in [0.1, 0.15) is 26.3 Å². The van der Waals surface area contributed by atoms with E-state index in [1.165, 1.54) is 18.8 Å². The topological polar surface area (TPSA) is 128 Å². The van der Waals surface area contributed by atoms with Crippen LogP contribution in [0.3, 0.4) is 0 Å². The Morgan fingerprint density at radius 1 is 1.09 bits per heavy atom. The number of anilines is 2. The standard InChI is InChI=1S/C28H29Cl2N5O5.C3H6/c1-28(2,38)14-32-27-31-13-17-11-19(22-23(29)20(39-3)12-21(40-4)24(22)30)26(37)35(25(17)34-27)10-9-16-5-7-18(8-6-16)33-15-36;1-3-2/h5-8,11-13,15,38H,9-10,14H2,1-4H3,(H,33,36)(H,31,32,34);3H,1H2,2H3. The van der Waals surface area contributed by atoms with Crippen molar-refractivity contribution in [3.8, 4) is 22.6 Å². The van der Waals surface area contributed by atoms with Gasteiger partial charge in [-0.05, 0) is 51.0 Å². The number of allylic oxidation sites excluding steroid dienone is 1. The molecule has 4 aromatic rings. The quantitative estimate of drug-likeness (QED) is 0.137. The van der Waals surface area contributed by atoms with Crippen LogP contribution in [0.25, 0.3) is 22.2 Å². The number of aryl methyl sites for hydroxylation is 2. The molecule has 12 heteroatoms. The number of rotatable bonds is 11. The van der Waals surface area contributed by atoms with Crippen molar-refractivity contribution in [1.29, 1.82) is 0 Å². The van der Waals surface area contributed by atoms with Gasteiger partial charge in [0.15, 0.2) is 0 Å². The van der Waals surface area contributed by atoms with Crippen molar-refractivity contribution in [2.45, 2.75) is 39.3 Å². The van der Waals surface area contributed by atoms with Crippen molar-refractivity contribution >= 4 is 52.3 Å². The molecule has 0 bridgehead atoms. The van der Waals surface area contributed by atoms with Crippen LogP contribution >= 0.6 is 23.2 Å². The molecule has 2 heterocycles. The molecule has 1 amide bonds. The number of hydrogen-bond acceptors (Lipinski definition) is 8. The Labute approximate surface area is 260 Å². The summed E-state index contributed by atoms with van der Waals surface area (Å²) in [6.07, 6.45) is 4.44. The minimum Gasteiger partial charge on any atom is -0.495 e. The number of hydrogen-bond donors (Lipinski definition) is 3. The van der Waals surface area contributed by atoms with Crippen LogP contribution in [-0.2, 0) is 17.8 Å². The van der Waals surface area contributed by atoms with E-state index in [9.17, 15) is 14.7 Å². The Hall–Kier alpha value is -4.12. The molecular formula is C31H35Cl2N5O5. The zero-order chi connectivity index (χ0) is 31.7. The lowest BCUT2D eigenvalue weighted by Gasteiger charge is -2.19. The molecule has 0 atom stereocenters. The third kappa shape index (κ3) is 8.25. The number of halogens is 2. The number of pyridine rings is 1. The van der Waals surface area contributed by atoms with Gasteiger partial charge >= 0.3 is 0 Å². The number of nitrogens with zero attached hydrogens (tertiary/aromatic N) is 3. The Balaban J connectivity index is 0.00000162. The second-order valence-electron chi connectivity index (χ2n) is 10.1. The lowest BCUT2D eigenvalue weighted by Crippen LogP contribution is -2.30. The molecule has 0 unspecified atom stereocenters. The van der Waals surface area contributed by atoms with Gasteiger partial charge in [-0.3, -0.25) is 14.2 Å². The number of benzene rings is 2. The summed E-state index contributed by atoms with van der Waals surface area (Å²) in [6, 6.07) is 10.5. The predicted molar refractivity (Wildman–Crippen MR) is 173 cm³/mol. The number of aromatic nitrogens is 3. The van der Waals surface area contributed by atoms with Crippen molar-refractivity contribution in [3.05, 3.63) is 81.2 Å². The molecule has 0 aliphatic heterocycles. The minimum absolute atomic E-state index is 0.166. The van der Waals surface area contributed by atoms with E-state index in [1.807, 2.05) is 19.1 Å². The van der Waals surface area contributed by atoms with Crippen LogP contribution in [0.4, 0.5) is 11.6 Å². The summed E-state index contributed by atoms with van der Waals surface area (Å²) < 4.78 is 12.3. The predicted octanol–water partition coefficient (Wildman–Crippen LogP) is 5.97. The minimum atomic E-state index is -0.994.